The molecule has 0 aromatic rings. The Morgan fingerprint density at radius 1 is 0.685 bits per heavy atom. The third-order valence-corrected chi connectivity index (χ3v) is 6.67. The van der Waals surface area contributed by atoms with Gasteiger partial charge in [0.1, 0.15) is 6.29 Å². The lowest BCUT2D eigenvalue weighted by atomic mass is 10.2. The molecule has 1 fully saturated rings. The van der Waals surface area contributed by atoms with Crippen molar-refractivity contribution >= 4 is 54.0 Å². The maximum atomic E-state index is 11.4. The van der Waals surface area contributed by atoms with Gasteiger partial charge in [-0.1, -0.05) is 6.92 Å². The molecule has 0 aromatic carbocycles. The smallest absolute Gasteiger partial charge is 0.253 e. The number of imide groups is 1. The molecule has 2 aliphatic heterocycles. The van der Waals surface area contributed by atoms with Crippen LogP contribution in [0.1, 0.15) is 26.2 Å². The van der Waals surface area contributed by atoms with Gasteiger partial charge in [0.2, 0.25) is 35.9 Å². The molecule has 21 heteroatoms. The van der Waals surface area contributed by atoms with Crippen molar-refractivity contribution in [1.29, 1.82) is 0 Å². The number of likely N-dealkylation sites (N-methyl/N-ethyl adjacent to an activating group) is 1. The first-order chi connectivity index (χ1) is 26.1. The zero-order valence-electron chi connectivity index (χ0n) is 31.2. The molecule has 0 spiro atoms. The predicted octanol–water partition coefficient (Wildman–Crippen LogP) is -4.39. The summed E-state index contributed by atoms with van der Waals surface area (Å²) in [6, 6.07) is 0. The van der Waals surface area contributed by atoms with E-state index >= 15 is 0 Å². The molecule has 0 unspecified atom stereocenters. The van der Waals surface area contributed by atoms with E-state index in [-0.39, 0.29) is 81.2 Å². The molecule has 0 radical (unpaired) electrons. The molecule has 2 heterocycles. The number of hydrogen-bond acceptors (Lipinski definition) is 14. The van der Waals surface area contributed by atoms with E-state index in [9.17, 15) is 43.2 Å². The summed E-state index contributed by atoms with van der Waals surface area (Å²) in [5.74, 6) is -1.80. The third-order valence-electron chi connectivity index (χ3n) is 6.67. The van der Waals surface area contributed by atoms with E-state index in [1.807, 2.05) is 6.92 Å². The van der Waals surface area contributed by atoms with Crippen LogP contribution in [0.25, 0.3) is 0 Å². The van der Waals surface area contributed by atoms with Gasteiger partial charge in [0, 0.05) is 44.8 Å². The van der Waals surface area contributed by atoms with Crippen molar-refractivity contribution in [2.45, 2.75) is 26.2 Å². The van der Waals surface area contributed by atoms with Gasteiger partial charge in [0.25, 0.3) is 11.8 Å². The topological polar surface area (TPSA) is 269 Å². The maximum absolute atomic E-state index is 11.4. The normalized spacial score (nSPS) is 12.6. The molecule has 0 atom stereocenters. The van der Waals surface area contributed by atoms with Gasteiger partial charge in [-0.3, -0.25) is 43.3 Å². The summed E-state index contributed by atoms with van der Waals surface area (Å²) in [4.78, 5) is 101. The Balaban J connectivity index is 0.000000874. The molecule has 0 aromatic heterocycles. The highest BCUT2D eigenvalue weighted by Gasteiger charge is 2.21. The Morgan fingerprint density at radius 3 is 1.69 bits per heavy atom. The lowest BCUT2D eigenvalue weighted by Gasteiger charge is -2.30. The fraction of sp³-hybridized carbons (Fsp3) is 0.667. The maximum Gasteiger partial charge on any atom is 0.253 e. The summed E-state index contributed by atoms with van der Waals surface area (Å²) in [5, 5.41) is 14.8. The van der Waals surface area contributed by atoms with Crippen LogP contribution in [0, 0.1) is 0 Å². The molecule has 0 bridgehead atoms. The molecule has 8 amide bonds. The molecule has 2 rings (SSSR count). The summed E-state index contributed by atoms with van der Waals surface area (Å²) >= 11 is 0. The second kappa shape index (κ2) is 34.0. The summed E-state index contributed by atoms with van der Waals surface area (Å²) in [7, 11) is 1.64. The first kappa shape index (κ1) is 49.2. The number of nitrogens with one attached hydrogen (secondary N) is 6. The number of hydrogen-bond donors (Lipinski definition) is 6. The van der Waals surface area contributed by atoms with Crippen molar-refractivity contribution in [2.75, 3.05) is 119 Å². The zero-order chi connectivity index (χ0) is 40.2. The first-order valence-corrected chi connectivity index (χ1v) is 17.5. The van der Waals surface area contributed by atoms with Crippen LogP contribution >= 0.6 is 0 Å². The van der Waals surface area contributed by atoms with E-state index in [4.69, 9.17) is 18.9 Å². The lowest BCUT2D eigenvalue weighted by Crippen LogP contribution is -2.48. The standard InChI is InChI=1S/C16H29N3O8.C10H18N4O3.C7H9NO2/c20-4-2-18-16(23)13-19-15(22)1-5-24-7-9-26-11-12-27-10-8-25-6-3-17-14-21;1-11-5-8(15)12-6-9(16)13-7-10(17)14-3-2-4-14;1-2-5-8-6(9)3-4-7(8)10/h4,14H,1-3,5-13H2,(H,17,21)(H,18,23)(H,19,22);11H,2-7H2,1H3,(H,12,15)(H,13,16);3-4H,2,5H2,1H3. The van der Waals surface area contributed by atoms with E-state index in [1.165, 1.54) is 17.1 Å². The number of ether oxygens (including phenoxy) is 4. The average molecular weight is 773 g/mol. The molecular weight excluding hydrogens is 716 g/mol. The van der Waals surface area contributed by atoms with Crippen LogP contribution in [-0.2, 0) is 62.1 Å². The summed E-state index contributed by atoms with van der Waals surface area (Å²) in [6.45, 7) is 7.45. The van der Waals surface area contributed by atoms with Crippen LogP contribution in [0.4, 0.5) is 0 Å². The van der Waals surface area contributed by atoms with Gasteiger partial charge in [-0.2, -0.15) is 0 Å². The Bertz CT molecular complexity index is 1170. The molecule has 306 valence electrons. The van der Waals surface area contributed by atoms with Gasteiger partial charge < -0.3 is 60.5 Å². The van der Waals surface area contributed by atoms with E-state index in [1.54, 1.807) is 11.9 Å². The van der Waals surface area contributed by atoms with Gasteiger partial charge in [-0.25, -0.2) is 0 Å². The van der Waals surface area contributed by atoms with Gasteiger partial charge in [-0.15, -0.1) is 0 Å². The van der Waals surface area contributed by atoms with Crippen LogP contribution in [-0.4, -0.2) is 183 Å². The average Bonchev–Trinajstić information content (AvgIpc) is 3.45. The fourth-order valence-electron chi connectivity index (χ4n) is 3.79. The summed E-state index contributed by atoms with van der Waals surface area (Å²) < 4.78 is 21.0. The fourth-order valence-corrected chi connectivity index (χ4v) is 3.79. The Labute approximate surface area is 314 Å². The third kappa shape index (κ3) is 27.8. The van der Waals surface area contributed by atoms with E-state index < -0.39 is 5.91 Å². The van der Waals surface area contributed by atoms with Crippen molar-refractivity contribution in [3.05, 3.63) is 12.2 Å². The number of aldehydes is 1. The number of rotatable bonds is 28. The Hall–Kier alpha value is -4.83. The first-order valence-electron chi connectivity index (χ1n) is 17.5. The minimum Gasteiger partial charge on any atom is -0.379 e. The number of likely N-dealkylation sites (tertiary alicyclic amines) is 1. The highest BCUT2D eigenvalue weighted by atomic mass is 16.6. The van der Waals surface area contributed by atoms with Crippen molar-refractivity contribution < 1.29 is 62.1 Å². The largest absolute Gasteiger partial charge is 0.379 e. The van der Waals surface area contributed by atoms with Gasteiger partial charge in [0.15, 0.2) is 0 Å². The minimum absolute atomic E-state index is 0.000726. The molecule has 0 aliphatic carbocycles. The van der Waals surface area contributed by atoms with Crippen molar-refractivity contribution in [2.24, 2.45) is 0 Å². The number of nitrogens with zero attached hydrogens (tertiary/aromatic N) is 2. The van der Waals surface area contributed by atoms with Crippen LogP contribution in [0.15, 0.2) is 12.2 Å². The predicted molar refractivity (Wildman–Crippen MR) is 191 cm³/mol. The highest BCUT2D eigenvalue weighted by Crippen LogP contribution is 2.04. The monoisotopic (exact) mass is 772 g/mol. The van der Waals surface area contributed by atoms with Crippen LogP contribution in [0.3, 0.4) is 0 Å². The quantitative estimate of drug-likeness (QED) is 0.0249. The van der Waals surface area contributed by atoms with Gasteiger partial charge in [-0.05, 0) is 19.9 Å². The molecule has 0 saturated carbocycles. The number of amides is 8. The molecule has 21 nitrogen and oxygen atoms in total. The van der Waals surface area contributed by atoms with E-state index in [0.717, 1.165) is 25.9 Å². The van der Waals surface area contributed by atoms with Crippen LogP contribution < -0.4 is 31.9 Å². The summed E-state index contributed by atoms with van der Waals surface area (Å²) in [6.07, 6.45) is 5.77. The Kier molecular flexibility index (Phi) is 30.9. The van der Waals surface area contributed by atoms with Crippen molar-refractivity contribution in [3.63, 3.8) is 0 Å². The second-order valence-corrected chi connectivity index (χ2v) is 11.0. The zero-order valence-corrected chi connectivity index (χ0v) is 31.2. The molecule has 2 aliphatic rings. The van der Waals surface area contributed by atoms with Gasteiger partial charge in [0.05, 0.1) is 85.6 Å². The Morgan fingerprint density at radius 2 is 1.19 bits per heavy atom. The second-order valence-electron chi connectivity index (χ2n) is 11.0. The number of carbonyl (C=O) groups excluding carboxylic acids is 9. The van der Waals surface area contributed by atoms with Gasteiger partial charge >= 0.3 is 0 Å². The highest BCUT2D eigenvalue weighted by molar-refractivity contribution is 6.12. The minimum atomic E-state index is -0.423. The van der Waals surface area contributed by atoms with E-state index in [0.29, 0.717) is 72.0 Å². The van der Waals surface area contributed by atoms with Crippen LogP contribution in [0.2, 0.25) is 0 Å². The van der Waals surface area contributed by atoms with E-state index in [2.05, 4.69) is 31.9 Å². The lowest BCUT2D eigenvalue weighted by molar-refractivity contribution is -0.137. The van der Waals surface area contributed by atoms with Crippen molar-refractivity contribution in [1.82, 2.24) is 41.7 Å². The molecular formula is C33H56N8O13. The molecule has 54 heavy (non-hydrogen) atoms. The molecule has 1 saturated heterocycles. The van der Waals surface area contributed by atoms with Crippen LogP contribution in [0.5, 0.6) is 0 Å². The number of carbonyl (C=O) groups is 9. The SMILES string of the molecule is CCCN1C(=O)C=CC1=O.CNCC(=O)NCC(=O)NCC(=O)N1CCC1.O=CCNC(=O)CNC(=O)CCOCCOCCOCCOCCNC=O. The summed E-state index contributed by atoms with van der Waals surface area (Å²) in [5.41, 5.74) is 0. The molecule has 6 N–H and O–H groups in total. The van der Waals surface area contributed by atoms with Crippen molar-refractivity contribution in [3.8, 4) is 0 Å².